The van der Waals surface area contributed by atoms with Gasteiger partial charge in [0.1, 0.15) is 6.07 Å². The zero-order chi connectivity index (χ0) is 14.4. The molecule has 5 heteroatoms. The second-order valence-electron chi connectivity index (χ2n) is 4.66. The predicted molar refractivity (Wildman–Crippen MR) is 78.4 cm³/mol. The highest BCUT2D eigenvalue weighted by atomic mass is 16.2. The second kappa shape index (κ2) is 6.73. The summed E-state index contributed by atoms with van der Waals surface area (Å²) in [4.78, 5) is 16.2. The first-order chi connectivity index (χ1) is 9.74. The molecule has 1 fully saturated rings. The summed E-state index contributed by atoms with van der Waals surface area (Å²) in [6, 6.07) is 8.94. The molecule has 20 heavy (non-hydrogen) atoms. The zero-order valence-corrected chi connectivity index (χ0v) is 11.4. The topological polar surface area (TPSA) is 59.4 Å². The van der Waals surface area contributed by atoms with Crippen LogP contribution in [0, 0.1) is 11.3 Å². The predicted octanol–water partition coefficient (Wildman–Crippen LogP) is 1.89. The minimum absolute atomic E-state index is 0.147. The van der Waals surface area contributed by atoms with Crippen LogP contribution >= 0.6 is 0 Å². The van der Waals surface area contributed by atoms with Crippen molar-refractivity contribution in [1.82, 2.24) is 9.80 Å². The molecule has 2 amide bonds. The number of nitrogens with one attached hydrogen (secondary N) is 1. The number of amides is 2. The number of carbonyl (C=O) groups excluding carboxylic acids is 1. The molecule has 0 saturated carbocycles. The van der Waals surface area contributed by atoms with Crippen molar-refractivity contribution in [3.8, 4) is 6.07 Å². The monoisotopic (exact) mass is 270 g/mol. The van der Waals surface area contributed by atoms with Gasteiger partial charge in [0.25, 0.3) is 0 Å². The van der Waals surface area contributed by atoms with Crippen molar-refractivity contribution in [2.75, 3.05) is 38.0 Å². The van der Waals surface area contributed by atoms with Crippen LogP contribution in [0.5, 0.6) is 0 Å². The number of anilines is 1. The molecule has 1 heterocycles. The maximum Gasteiger partial charge on any atom is 0.321 e. The highest BCUT2D eigenvalue weighted by molar-refractivity contribution is 5.90. The van der Waals surface area contributed by atoms with Gasteiger partial charge in [-0.05, 0) is 12.1 Å². The lowest BCUT2D eigenvalue weighted by Crippen LogP contribution is -2.49. The number of piperazine rings is 1. The highest BCUT2D eigenvalue weighted by Gasteiger charge is 2.20. The molecule has 0 aliphatic carbocycles. The van der Waals surface area contributed by atoms with Gasteiger partial charge in [-0.1, -0.05) is 18.2 Å². The first-order valence-corrected chi connectivity index (χ1v) is 6.63. The summed E-state index contributed by atoms with van der Waals surface area (Å²) in [5.74, 6) is 0. The standard InChI is InChI=1S/C15H18N4O/c1-2-7-18-8-10-19(11-9-18)15(20)17-14-6-4-3-5-13(14)12-16/h2-6H,1,7-11H2,(H,17,20). The normalized spacial score (nSPS) is 15.4. The van der Waals surface area contributed by atoms with E-state index in [9.17, 15) is 4.79 Å². The van der Waals surface area contributed by atoms with Crippen LogP contribution in [0.2, 0.25) is 0 Å². The van der Waals surface area contributed by atoms with Crippen LogP contribution in [0.1, 0.15) is 5.56 Å². The van der Waals surface area contributed by atoms with Crippen LogP contribution in [-0.2, 0) is 0 Å². The molecular formula is C15H18N4O. The van der Waals surface area contributed by atoms with Crippen LogP contribution in [0.15, 0.2) is 36.9 Å². The largest absolute Gasteiger partial charge is 0.322 e. The van der Waals surface area contributed by atoms with E-state index in [1.54, 1.807) is 29.2 Å². The number of hydrogen-bond donors (Lipinski definition) is 1. The van der Waals surface area contributed by atoms with Crippen LogP contribution in [0.3, 0.4) is 0 Å². The Morgan fingerprint density at radius 3 is 2.70 bits per heavy atom. The van der Waals surface area contributed by atoms with Crippen LogP contribution in [-0.4, -0.2) is 48.6 Å². The minimum Gasteiger partial charge on any atom is -0.322 e. The van der Waals surface area contributed by atoms with Gasteiger partial charge >= 0.3 is 6.03 Å². The van der Waals surface area contributed by atoms with Crippen molar-refractivity contribution in [2.24, 2.45) is 0 Å². The van der Waals surface area contributed by atoms with Gasteiger partial charge in [0.05, 0.1) is 11.3 Å². The average molecular weight is 270 g/mol. The van der Waals surface area contributed by atoms with E-state index in [1.807, 2.05) is 6.08 Å². The molecular weight excluding hydrogens is 252 g/mol. The Morgan fingerprint density at radius 2 is 2.05 bits per heavy atom. The molecule has 1 saturated heterocycles. The molecule has 0 unspecified atom stereocenters. The second-order valence-corrected chi connectivity index (χ2v) is 4.66. The first-order valence-electron chi connectivity index (χ1n) is 6.63. The van der Waals surface area contributed by atoms with Crippen molar-refractivity contribution < 1.29 is 4.79 Å². The molecule has 5 nitrogen and oxygen atoms in total. The van der Waals surface area contributed by atoms with Gasteiger partial charge in [-0.2, -0.15) is 5.26 Å². The van der Waals surface area contributed by atoms with Gasteiger partial charge in [0, 0.05) is 32.7 Å². The van der Waals surface area contributed by atoms with Crippen molar-refractivity contribution in [3.05, 3.63) is 42.5 Å². The maximum absolute atomic E-state index is 12.2. The Balaban J connectivity index is 1.93. The van der Waals surface area contributed by atoms with Gasteiger partial charge in [-0.3, -0.25) is 4.90 Å². The summed E-state index contributed by atoms with van der Waals surface area (Å²) in [5.41, 5.74) is 1.04. The molecule has 0 radical (unpaired) electrons. The van der Waals surface area contributed by atoms with E-state index < -0.39 is 0 Å². The van der Waals surface area contributed by atoms with Crippen LogP contribution in [0.25, 0.3) is 0 Å². The Morgan fingerprint density at radius 1 is 1.35 bits per heavy atom. The van der Waals surface area contributed by atoms with Crippen LogP contribution in [0.4, 0.5) is 10.5 Å². The Bertz CT molecular complexity index is 527. The van der Waals surface area contributed by atoms with E-state index in [0.717, 1.165) is 19.6 Å². The summed E-state index contributed by atoms with van der Waals surface area (Å²) >= 11 is 0. The SMILES string of the molecule is C=CCN1CCN(C(=O)Nc2ccccc2C#N)CC1. The zero-order valence-electron chi connectivity index (χ0n) is 11.4. The van der Waals surface area contributed by atoms with Gasteiger partial charge in [-0.25, -0.2) is 4.79 Å². The van der Waals surface area contributed by atoms with E-state index in [4.69, 9.17) is 5.26 Å². The molecule has 1 aliphatic rings. The van der Waals surface area contributed by atoms with E-state index in [-0.39, 0.29) is 6.03 Å². The van der Waals surface area contributed by atoms with Crippen molar-refractivity contribution in [1.29, 1.82) is 5.26 Å². The first kappa shape index (κ1) is 14.1. The number of hydrogen-bond acceptors (Lipinski definition) is 3. The Labute approximate surface area is 119 Å². The molecule has 1 N–H and O–H groups in total. The van der Waals surface area contributed by atoms with Crippen molar-refractivity contribution >= 4 is 11.7 Å². The summed E-state index contributed by atoms with van der Waals surface area (Å²) in [6.45, 7) is 7.64. The lowest BCUT2D eigenvalue weighted by atomic mass is 10.2. The third-order valence-corrected chi connectivity index (χ3v) is 3.34. The number of para-hydroxylation sites is 1. The third-order valence-electron chi connectivity index (χ3n) is 3.34. The fraction of sp³-hybridized carbons (Fsp3) is 0.333. The molecule has 0 aromatic heterocycles. The summed E-state index contributed by atoms with van der Waals surface area (Å²) in [7, 11) is 0. The molecule has 2 rings (SSSR count). The molecule has 104 valence electrons. The Hall–Kier alpha value is -2.32. The number of rotatable bonds is 3. The molecule has 1 aromatic carbocycles. The van der Waals surface area contributed by atoms with Crippen molar-refractivity contribution in [2.45, 2.75) is 0 Å². The summed E-state index contributed by atoms with van der Waals surface area (Å²) in [5, 5.41) is 11.8. The van der Waals surface area contributed by atoms with E-state index in [2.05, 4.69) is 22.9 Å². The minimum atomic E-state index is -0.147. The smallest absolute Gasteiger partial charge is 0.321 e. The number of benzene rings is 1. The van der Waals surface area contributed by atoms with E-state index >= 15 is 0 Å². The molecule has 0 spiro atoms. The molecule has 0 atom stereocenters. The highest BCUT2D eigenvalue weighted by Crippen LogP contribution is 2.14. The lowest BCUT2D eigenvalue weighted by molar-refractivity contribution is 0.156. The van der Waals surface area contributed by atoms with Gasteiger partial charge < -0.3 is 10.2 Å². The fourth-order valence-electron chi connectivity index (χ4n) is 2.20. The number of carbonyl (C=O) groups is 1. The number of nitriles is 1. The van der Waals surface area contributed by atoms with E-state index in [0.29, 0.717) is 24.3 Å². The fourth-order valence-corrected chi connectivity index (χ4v) is 2.20. The maximum atomic E-state index is 12.2. The average Bonchev–Trinajstić information content (AvgIpc) is 2.49. The van der Waals surface area contributed by atoms with Gasteiger partial charge in [-0.15, -0.1) is 6.58 Å². The van der Waals surface area contributed by atoms with E-state index in [1.165, 1.54) is 0 Å². The van der Waals surface area contributed by atoms with Gasteiger partial charge in [0.2, 0.25) is 0 Å². The third kappa shape index (κ3) is 3.37. The number of urea groups is 1. The quantitative estimate of drug-likeness (QED) is 0.853. The molecule has 0 bridgehead atoms. The summed E-state index contributed by atoms with van der Waals surface area (Å²) < 4.78 is 0. The van der Waals surface area contributed by atoms with Crippen LogP contribution < -0.4 is 5.32 Å². The number of nitrogens with zero attached hydrogens (tertiary/aromatic N) is 3. The van der Waals surface area contributed by atoms with Crippen molar-refractivity contribution in [3.63, 3.8) is 0 Å². The van der Waals surface area contributed by atoms with Gasteiger partial charge in [0.15, 0.2) is 0 Å². The lowest BCUT2D eigenvalue weighted by Gasteiger charge is -2.34. The Kier molecular flexibility index (Phi) is 4.75. The summed E-state index contributed by atoms with van der Waals surface area (Å²) in [6.07, 6.45) is 1.87. The molecule has 1 aromatic rings. The molecule has 1 aliphatic heterocycles.